The van der Waals surface area contributed by atoms with Crippen LogP contribution < -0.4 is 11.1 Å². The van der Waals surface area contributed by atoms with Crippen molar-refractivity contribution >= 4 is 17.5 Å². The van der Waals surface area contributed by atoms with Gasteiger partial charge in [-0.15, -0.1) is 0 Å². The number of hydrogen-bond acceptors (Lipinski definition) is 3. The molecule has 1 saturated heterocycles. The number of carbonyl (C=O) groups excluding carboxylic acids is 2. The lowest BCUT2D eigenvalue weighted by molar-refractivity contribution is -0.119. The number of nitrogens with zero attached hydrogens (tertiary/aromatic N) is 1. The highest BCUT2D eigenvalue weighted by molar-refractivity contribution is 6.10. The molecule has 0 aliphatic carbocycles. The average molecular weight is 231 g/mol. The van der Waals surface area contributed by atoms with E-state index in [0.717, 1.165) is 0 Å². The molecule has 0 aromatic heterocycles. The van der Waals surface area contributed by atoms with Gasteiger partial charge < -0.3 is 16.0 Å². The molecule has 1 fully saturated rings. The number of benzene rings is 1. The molecule has 2 aliphatic rings. The Morgan fingerprint density at radius 2 is 2.06 bits per heavy atom. The summed E-state index contributed by atoms with van der Waals surface area (Å²) in [5.41, 5.74) is 7.00. The molecule has 0 saturated carbocycles. The van der Waals surface area contributed by atoms with Gasteiger partial charge in [0, 0.05) is 12.6 Å². The predicted octanol–water partition coefficient (Wildman–Crippen LogP) is 0.180. The highest BCUT2D eigenvalue weighted by Crippen LogP contribution is 2.27. The number of rotatable bonds is 0. The lowest BCUT2D eigenvalue weighted by Gasteiger charge is -2.22. The molecule has 2 atom stereocenters. The lowest BCUT2D eigenvalue weighted by atomic mass is 10.1. The third-order valence-electron chi connectivity index (χ3n) is 3.39. The summed E-state index contributed by atoms with van der Waals surface area (Å²) in [7, 11) is 0. The Labute approximate surface area is 98.6 Å². The van der Waals surface area contributed by atoms with Crippen LogP contribution in [0.25, 0.3) is 0 Å². The third kappa shape index (κ3) is 1.43. The van der Waals surface area contributed by atoms with E-state index in [-0.39, 0.29) is 17.9 Å². The second kappa shape index (κ2) is 3.56. The van der Waals surface area contributed by atoms with Crippen molar-refractivity contribution in [2.24, 2.45) is 5.73 Å². The Balaban J connectivity index is 2.10. The standard InChI is InChI=1S/C12H13N3O2/c13-8-5-6-15-10(8)11(16)14-9-4-2-1-3-7(9)12(15)17/h1-4,8,10H,5-6,13H2,(H,14,16). The molecule has 3 rings (SSSR count). The smallest absolute Gasteiger partial charge is 0.256 e. The molecule has 1 aromatic carbocycles. The van der Waals surface area contributed by atoms with Gasteiger partial charge >= 0.3 is 0 Å². The second-order valence-corrected chi connectivity index (χ2v) is 4.43. The van der Waals surface area contributed by atoms with Crippen molar-refractivity contribution in [2.45, 2.75) is 18.5 Å². The Morgan fingerprint density at radius 1 is 1.29 bits per heavy atom. The first-order valence-corrected chi connectivity index (χ1v) is 5.65. The Morgan fingerprint density at radius 3 is 2.88 bits per heavy atom. The Kier molecular flexibility index (Phi) is 2.16. The van der Waals surface area contributed by atoms with Crippen LogP contribution in [0.15, 0.2) is 24.3 Å². The van der Waals surface area contributed by atoms with Crippen LogP contribution in [0.3, 0.4) is 0 Å². The van der Waals surface area contributed by atoms with E-state index in [4.69, 9.17) is 5.73 Å². The molecular weight excluding hydrogens is 218 g/mol. The van der Waals surface area contributed by atoms with Crippen molar-refractivity contribution in [3.8, 4) is 0 Å². The Bertz CT molecular complexity index is 500. The van der Waals surface area contributed by atoms with Gasteiger partial charge in [-0.2, -0.15) is 0 Å². The number of hydrogen-bond donors (Lipinski definition) is 2. The van der Waals surface area contributed by atoms with Gasteiger partial charge in [0.1, 0.15) is 6.04 Å². The number of para-hydroxylation sites is 1. The molecule has 5 heteroatoms. The normalized spacial score (nSPS) is 27.2. The number of nitrogens with two attached hydrogens (primary N) is 1. The Hall–Kier alpha value is -1.88. The summed E-state index contributed by atoms with van der Waals surface area (Å²) in [4.78, 5) is 25.9. The molecule has 88 valence electrons. The van der Waals surface area contributed by atoms with Crippen molar-refractivity contribution in [3.05, 3.63) is 29.8 Å². The summed E-state index contributed by atoms with van der Waals surface area (Å²) in [6.07, 6.45) is 0.673. The van der Waals surface area contributed by atoms with E-state index in [9.17, 15) is 9.59 Å². The van der Waals surface area contributed by atoms with Gasteiger partial charge in [-0.1, -0.05) is 12.1 Å². The first kappa shape index (κ1) is 10.3. The van der Waals surface area contributed by atoms with Crippen LogP contribution in [-0.2, 0) is 4.79 Å². The van der Waals surface area contributed by atoms with Crippen LogP contribution in [0.5, 0.6) is 0 Å². The van der Waals surface area contributed by atoms with E-state index in [1.165, 1.54) is 0 Å². The summed E-state index contributed by atoms with van der Waals surface area (Å²) in [6.45, 7) is 0.548. The van der Waals surface area contributed by atoms with Gasteiger partial charge in [0.15, 0.2) is 0 Å². The zero-order chi connectivity index (χ0) is 12.0. The number of carbonyl (C=O) groups is 2. The number of nitrogens with one attached hydrogen (secondary N) is 1. The third-order valence-corrected chi connectivity index (χ3v) is 3.39. The summed E-state index contributed by atoms with van der Waals surface area (Å²) in [6, 6.07) is 6.24. The second-order valence-electron chi connectivity index (χ2n) is 4.43. The maximum atomic E-state index is 12.3. The first-order valence-electron chi connectivity index (χ1n) is 5.65. The molecule has 0 spiro atoms. The fourth-order valence-corrected chi connectivity index (χ4v) is 2.52. The van der Waals surface area contributed by atoms with Crippen molar-refractivity contribution in [1.29, 1.82) is 0 Å². The fraction of sp³-hybridized carbons (Fsp3) is 0.333. The van der Waals surface area contributed by atoms with Crippen LogP contribution in [0.4, 0.5) is 5.69 Å². The molecule has 5 nitrogen and oxygen atoms in total. The molecular formula is C12H13N3O2. The van der Waals surface area contributed by atoms with E-state index in [2.05, 4.69) is 5.32 Å². The first-order chi connectivity index (χ1) is 8.18. The van der Waals surface area contributed by atoms with Gasteiger partial charge in [0.05, 0.1) is 11.3 Å². The van der Waals surface area contributed by atoms with E-state index in [1.54, 1.807) is 29.2 Å². The molecule has 2 aliphatic heterocycles. The monoisotopic (exact) mass is 231 g/mol. The van der Waals surface area contributed by atoms with Gasteiger partial charge in [-0.05, 0) is 18.6 Å². The van der Waals surface area contributed by atoms with Gasteiger partial charge in [0.2, 0.25) is 5.91 Å². The SMILES string of the molecule is NC1CCN2C(=O)c3ccccc3NC(=O)C12. The van der Waals surface area contributed by atoms with Crippen molar-refractivity contribution in [2.75, 3.05) is 11.9 Å². The molecule has 2 heterocycles. The maximum absolute atomic E-state index is 12.3. The molecule has 1 aromatic rings. The minimum atomic E-state index is -0.533. The largest absolute Gasteiger partial charge is 0.325 e. The van der Waals surface area contributed by atoms with E-state index in [1.807, 2.05) is 0 Å². The molecule has 0 bridgehead atoms. The number of anilines is 1. The lowest BCUT2D eigenvalue weighted by Crippen LogP contribution is -2.48. The van der Waals surface area contributed by atoms with Crippen molar-refractivity contribution < 1.29 is 9.59 Å². The molecule has 0 radical (unpaired) electrons. The van der Waals surface area contributed by atoms with E-state index in [0.29, 0.717) is 24.2 Å². The summed E-state index contributed by atoms with van der Waals surface area (Å²) in [5.74, 6) is -0.301. The summed E-state index contributed by atoms with van der Waals surface area (Å²) >= 11 is 0. The van der Waals surface area contributed by atoms with Crippen LogP contribution >= 0.6 is 0 Å². The van der Waals surface area contributed by atoms with Crippen LogP contribution in [0.1, 0.15) is 16.8 Å². The molecule has 2 unspecified atom stereocenters. The van der Waals surface area contributed by atoms with Crippen LogP contribution in [0, 0.1) is 0 Å². The van der Waals surface area contributed by atoms with E-state index >= 15 is 0 Å². The minimum absolute atomic E-state index is 0.114. The highest BCUT2D eigenvalue weighted by atomic mass is 16.2. The van der Waals surface area contributed by atoms with Gasteiger partial charge in [-0.25, -0.2) is 0 Å². The van der Waals surface area contributed by atoms with Gasteiger partial charge in [-0.3, -0.25) is 9.59 Å². The fourth-order valence-electron chi connectivity index (χ4n) is 2.52. The zero-order valence-electron chi connectivity index (χ0n) is 9.22. The molecule has 17 heavy (non-hydrogen) atoms. The number of fused-ring (bicyclic) bond motifs is 2. The van der Waals surface area contributed by atoms with Crippen LogP contribution in [-0.4, -0.2) is 35.3 Å². The average Bonchev–Trinajstić information content (AvgIpc) is 2.66. The quantitative estimate of drug-likeness (QED) is 0.668. The highest BCUT2D eigenvalue weighted by Gasteiger charge is 2.42. The molecule has 2 amide bonds. The van der Waals surface area contributed by atoms with Crippen LogP contribution in [0.2, 0.25) is 0 Å². The van der Waals surface area contributed by atoms with Crippen molar-refractivity contribution in [1.82, 2.24) is 4.90 Å². The summed E-state index contributed by atoms with van der Waals surface area (Å²) < 4.78 is 0. The maximum Gasteiger partial charge on any atom is 0.256 e. The zero-order valence-corrected chi connectivity index (χ0v) is 9.22. The van der Waals surface area contributed by atoms with E-state index < -0.39 is 6.04 Å². The summed E-state index contributed by atoms with van der Waals surface area (Å²) in [5, 5.41) is 2.77. The van der Waals surface area contributed by atoms with Gasteiger partial charge in [0.25, 0.3) is 5.91 Å². The predicted molar refractivity (Wildman–Crippen MR) is 62.5 cm³/mol. The molecule has 3 N–H and O–H groups in total. The van der Waals surface area contributed by atoms with Crippen molar-refractivity contribution in [3.63, 3.8) is 0 Å². The number of amides is 2. The topological polar surface area (TPSA) is 75.4 Å². The minimum Gasteiger partial charge on any atom is -0.325 e.